The summed E-state index contributed by atoms with van der Waals surface area (Å²) < 4.78 is 43.5. The van der Waals surface area contributed by atoms with Gasteiger partial charge in [-0.1, -0.05) is 0 Å². The zero-order valence-electron chi connectivity index (χ0n) is 13.9. The second-order valence-electron chi connectivity index (χ2n) is 6.74. The van der Waals surface area contributed by atoms with E-state index >= 15 is 0 Å². The molecule has 2 saturated heterocycles. The molecule has 8 heteroatoms. The highest BCUT2D eigenvalue weighted by molar-refractivity contribution is 5.94. The highest BCUT2D eigenvalue weighted by Crippen LogP contribution is 2.29. The van der Waals surface area contributed by atoms with Gasteiger partial charge in [-0.05, 0) is 31.2 Å². The molecule has 1 atom stereocenters. The fourth-order valence-corrected chi connectivity index (χ4v) is 3.34. The van der Waals surface area contributed by atoms with Crippen molar-refractivity contribution < 1.29 is 22.7 Å². The van der Waals surface area contributed by atoms with Crippen LogP contribution >= 0.6 is 0 Å². The maximum Gasteiger partial charge on any atom is 0.417 e. The van der Waals surface area contributed by atoms with E-state index in [4.69, 9.17) is 4.74 Å². The number of hydrogen-bond donors (Lipinski definition) is 1. The standard InChI is InChI=1S/C17H22F3N3O2/c18-17(19,20)14-7-13(8-21-9-14)16(24)22-15-1-4-23(5-2-15)10-12-3-6-25-11-12/h7-9,12,15H,1-6,10-11H2,(H,22,24). The molecule has 0 saturated carbocycles. The first kappa shape index (κ1) is 18.1. The molecule has 3 heterocycles. The molecule has 1 unspecified atom stereocenters. The number of alkyl halides is 3. The third kappa shape index (κ3) is 4.92. The SMILES string of the molecule is O=C(NC1CCN(CC2CCOC2)CC1)c1cncc(C(F)(F)F)c1. The number of halogens is 3. The highest BCUT2D eigenvalue weighted by atomic mass is 19.4. The fraction of sp³-hybridized carbons (Fsp3) is 0.647. The first-order valence-electron chi connectivity index (χ1n) is 8.55. The van der Waals surface area contributed by atoms with Crippen LogP contribution in [0.2, 0.25) is 0 Å². The molecular weight excluding hydrogens is 335 g/mol. The van der Waals surface area contributed by atoms with Crippen molar-refractivity contribution in [1.82, 2.24) is 15.2 Å². The Labute approximate surface area is 144 Å². The number of likely N-dealkylation sites (tertiary alicyclic amines) is 1. The van der Waals surface area contributed by atoms with Crippen molar-refractivity contribution in [2.24, 2.45) is 5.92 Å². The minimum atomic E-state index is -4.50. The molecule has 0 bridgehead atoms. The van der Waals surface area contributed by atoms with Crippen LogP contribution in [0.15, 0.2) is 18.5 Å². The van der Waals surface area contributed by atoms with Crippen molar-refractivity contribution in [2.75, 3.05) is 32.8 Å². The van der Waals surface area contributed by atoms with E-state index in [0.29, 0.717) is 5.92 Å². The summed E-state index contributed by atoms with van der Waals surface area (Å²) in [5, 5.41) is 2.83. The van der Waals surface area contributed by atoms with Gasteiger partial charge in [0.05, 0.1) is 17.7 Å². The van der Waals surface area contributed by atoms with Crippen molar-refractivity contribution in [2.45, 2.75) is 31.5 Å². The van der Waals surface area contributed by atoms with E-state index in [1.54, 1.807) is 0 Å². The molecule has 5 nitrogen and oxygen atoms in total. The van der Waals surface area contributed by atoms with Gasteiger partial charge in [-0.25, -0.2) is 0 Å². The summed E-state index contributed by atoms with van der Waals surface area (Å²) in [4.78, 5) is 18.1. The summed E-state index contributed by atoms with van der Waals surface area (Å²) in [6.45, 7) is 4.42. The number of amides is 1. The number of aromatic nitrogens is 1. The van der Waals surface area contributed by atoms with Crippen LogP contribution in [0, 0.1) is 5.92 Å². The molecule has 25 heavy (non-hydrogen) atoms. The molecule has 1 N–H and O–H groups in total. The number of carbonyl (C=O) groups excluding carboxylic acids is 1. The zero-order chi connectivity index (χ0) is 17.9. The molecular formula is C17H22F3N3O2. The molecule has 0 aromatic carbocycles. The quantitative estimate of drug-likeness (QED) is 0.899. The van der Waals surface area contributed by atoms with Gasteiger partial charge in [0.15, 0.2) is 0 Å². The van der Waals surface area contributed by atoms with Crippen LogP contribution in [-0.4, -0.2) is 54.7 Å². The van der Waals surface area contributed by atoms with Crippen LogP contribution in [-0.2, 0) is 10.9 Å². The Morgan fingerprint density at radius 1 is 1.28 bits per heavy atom. The van der Waals surface area contributed by atoms with Crippen molar-refractivity contribution in [3.8, 4) is 0 Å². The van der Waals surface area contributed by atoms with Gasteiger partial charge in [0.1, 0.15) is 0 Å². The third-order valence-corrected chi connectivity index (χ3v) is 4.79. The van der Waals surface area contributed by atoms with Crippen molar-refractivity contribution in [1.29, 1.82) is 0 Å². The number of pyridine rings is 1. The van der Waals surface area contributed by atoms with Crippen LogP contribution in [0.25, 0.3) is 0 Å². The van der Waals surface area contributed by atoms with Crippen molar-refractivity contribution >= 4 is 5.91 Å². The maximum atomic E-state index is 12.7. The van der Waals surface area contributed by atoms with Gasteiger partial charge >= 0.3 is 6.18 Å². The number of piperidine rings is 1. The summed E-state index contributed by atoms with van der Waals surface area (Å²) in [5.41, 5.74) is -0.964. The number of ether oxygens (including phenoxy) is 1. The number of nitrogens with one attached hydrogen (secondary N) is 1. The molecule has 0 aliphatic carbocycles. The molecule has 0 radical (unpaired) electrons. The zero-order valence-corrected chi connectivity index (χ0v) is 13.9. The largest absolute Gasteiger partial charge is 0.417 e. The average Bonchev–Trinajstić information content (AvgIpc) is 3.09. The number of nitrogens with zero attached hydrogens (tertiary/aromatic N) is 2. The van der Waals surface area contributed by atoms with Crippen LogP contribution < -0.4 is 5.32 Å². The Hall–Kier alpha value is -1.67. The van der Waals surface area contributed by atoms with Crippen LogP contribution in [0.3, 0.4) is 0 Å². The van der Waals surface area contributed by atoms with E-state index in [2.05, 4.69) is 15.2 Å². The van der Waals surface area contributed by atoms with Gasteiger partial charge < -0.3 is 15.0 Å². The van der Waals surface area contributed by atoms with E-state index in [1.165, 1.54) is 6.20 Å². The Kier molecular flexibility index (Phi) is 5.58. The van der Waals surface area contributed by atoms with Gasteiger partial charge in [-0.3, -0.25) is 9.78 Å². The molecule has 1 aromatic heterocycles. The Balaban J connectivity index is 1.49. The second kappa shape index (κ2) is 7.70. The van der Waals surface area contributed by atoms with E-state index in [-0.39, 0.29) is 11.6 Å². The first-order chi connectivity index (χ1) is 11.9. The summed E-state index contributed by atoms with van der Waals surface area (Å²) in [7, 11) is 0. The molecule has 0 spiro atoms. The topological polar surface area (TPSA) is 54.5 Å². The predicted molar refractivity (Wildman–Crippen MR) is 85.1 cm³/mol. The van der Waals surface area contributed by atoms with E-state index in [1.807, 2.05) is 0 Å². The van der Waals surface area contributed by atoms with Crippen LogP contribution in [0.4, 0.5) is 13.2 Å². The summed E-state index contributed by atoms with van der Waals surface area (Å²) in [5.74, 6) is 0.0866. The summed E-state index contributed by atoms with van der Waals surface area (Å²) in [6.07, 6.45) is 0.0804. The lowest BCUT2D eigenvalue weighted by Gasteiger charge is -2.33. The minimum Gasteiger partial charge on any atom is -0.381 e. The van der Waals surface area contributed by atoms with Gasteiger partial charge in [0.2, 0.25) is 0 Å². The number of hydrogen-bond acceptors (Lipinski definition) is 4. The number of carbonyl (C=O) groups is 1. The normalized spacial score (nSPS) is 22.9. The van der Waals surface area contributed by atoms with E-state index < -0.39 is 17.6 Å². The number of rotatable bonds is 4. The van der Waals surface area contributed by atoms with Crippen molar-refractivity contribution in [3.05, 3.63) is 29.6 Å². The van der Waals surface area contributed by atoms with Gasteiger partial charge in [0, 0.05) is 44.7 Å². The smallest absolute Gasteiger partial charge is 0.381 e. The molecule has 2 fully saturated rings. The second-order valence-corrected chi connectivity index (χ2v) is 6.74. The first-order valence-corrected chi connectivity index (χ1v) is 8.55. The lowest BCUT2D eigenvalue weighted by Crippen LogP contribution is -2.45. The Morgan fingerprint density at radius 3 is 2.68 bits per heavy atom. The Morgan fingerprint density at radius 2 is 2.04 bits per heavy atom. The van der Waals surface area contributed by atoms with Gasteiger partial charge in [-0.2, -0.15) is 13.2 Å². The molecule has 2 aliphatic rings. The maximum absolute atomic E-state index is 12.7. The molecule has 138 valence electrons. The van der Waals surface area contributed by atoms with E-state index in [0.717, 1.165) is 64.4 Å². The summed E-state index contributed by atoms with van der Waals surface area (Å²) in [6, 6.07) is 0.829. The minimum absolute atomic E-state index is 0.0156. The predicted octanol–water partition coefficient (Wildman–Crippen LogP) is 2.33. The Bertz CT molecular complexity index is 595. The lowest BCUT2D eigenvalue weighted by molar-refractivity contribution is -0.137. The van der Waals surface area contributed by atoms with E-state index in [9.17, 15) is 18.0 Å². The van der Waals surface area contributed by atoms with Gasteiger partial charge in [0.25, 0.3) is 5.91 Å². The fourth-order valence-electron chi connectivity index (χ4n) is 3.34. The molecule has 1 aromatic rings. The average molecular weight is 357 g/mol. The lowest BCUT2D eigenvalue weighted by atomic mass is 10.0. The monoisotopic (exact) mass is 357 g/mol. The van der Waals surface area contributed by atoms with Gasteiger partial charge in [-0.15, -0.1) is 0 Å². The van der Waals surface area contributed by atoms with Crippen LogP contribution in [0.5, 0.6) is 0 Å². The molecule has 2 aliphatic heterocycles. The highest BCUT2D eigenvalue weighted by Gasteiger charge is 2.32. The van der Waals surface area contributed by atoms with Crippen molar-refractivity contribution in [3.63, 3.8) is 0 Å². The molecule has 3 rings (SSSR count). The molecule has 1 amide bonds. The third-order valence-electron chi connectivity index (χ3n) is 4.79. The van der Waals surface area contributed by atoms with Crippen LogP contribution in [0.1, 0.15) is 35.2 Å². The summed E-state index contributed by atoms with van der Waals surface area (Å²) >= 11 is 0.